The highest BCUT2D eigenvalue weighted by atomic mass is 16.5. The number of aliphatic carboxylic acids is 1. The van der Waals surface area contributed by atoms with Gasteiger partial charge >= 0.3 is 17.9 Å². The molecule has 0 saturated carbocycles. The van der Waals surface area contributed by atoms with Crippen molar-refractivity contribution in [3.63, 3.8) is 0 Å². The highest BCUT2D eigenvalue weighted by molar-refractivity contribution is 5.81. The van der Waals surface area contributed by atoms with E-state index in [1.165, 1.54) is 0 Å². The Morgan fingerprint density at radius 3 is 1.76 bits per heavy atom. The monoisotopic (exact) mass is 485 g/mol. The van der Waals surface area contributed by atoms with Gasteiger partial charge in [0.05, 0.1) is 23.4 Å². The van der Waals surface area contributed by atoms with Crippen LogP contribution in [-0.2, 0) is 23.9 Å². The summed E-state index contributed by atoms with van der Waals surface area (Å²) in [7, 11) is 3.70. The number of carbonyl (C=O) groups is 3. The maximum absolute atomic E-state index is 12.8. The number of carboxylic acids is 1. The molecule has 0 fully saturated rings. The summed E-state index contributed by atoms with van der Waals surface area (Å²) in [5, 5.41) is 18.4. The third-order valence-electron chi connectivity index (χ3n) is 4.84. The topological polar surface area (TPSA) is 113 Å². The van der Waals surface area contributed by atoms with Crippen LogP contribution < -0.4 is 0 Å². The minimum atomic E-state index is -1.16. The van der Waals surface area contributed by atoms with E-state index in [0.29, 0.717) is 13.0 Å². The first-order valence-corrected chi connectivity index (χ1v) is 9.24. The minimum absolute atomic E-state index is 0. The number of carboxylic acid groups (broad SMARTS) is 1. The van der Waals surface area contributed by atoms with Gasteiger partial charge in [0, 0.05) is 6.54 Å². The van der Waals surface area contributed by atoms with E-state index in [-0.39, 0.29) is 77.2 Å². The van der Waals surface area contributed by atoms with Gasteiger partial charge in [-0.05, 0) is 47.2 Å². The average Bonchev–Trinajstić information content (AvgIpc) is 2.58. The third-order valence-corrected chi connectivity index (χ3v) is 4.84. The number of carbonyl (C=O) groups excluding carboxylic acids is 2. The van der Waals surface area contributed by atoms with E-state index in [1.807, 2.05) is 19.0 Å². The zero-order valence-corrected chi connectivity index (χ0v) is 17.4. The summed E-state index contributed by atoms with van der Waals surface area (Å²) in [5.74, 6) is -2.69. The Balaban J connectivity index is -0.000000225. The molecule has 0 heterocycles. The van der Waals surface area contributed by atoms with Crippen LogP contribution in [0.5, 0.6) is 0 Å². The van der Waals surface area contributed by atoms with Crippen molar-refractivity contribution >= 4 is 17.9 Å². The molecule has 0 saturated heterocycles. The van der Waals surface area contributed by atoms with Gasteiger partial charge in [0.1, 0.15) is 13.2 Å². The van der Waals surface area contributed by atoms with Crippen LogP contribution in [0.3, 0.4) is 0 Å². The molecule has 0 aromatic heterocycles. The number of aliphatic hydroxyl groups excluding tert-OH is 1. The number of hydrogen-bond acceptors (Lipinski definition) is 7. The van der Waals surface area contributed by atoms with Crippen molar-refractivity contribution in [2.45, 2.75) is 91.5 Å². The summed E-state index contributed by atoms with van der Waals surface area (Å²) in [6.07, 6.45) is 0.484. The Bertz CT molecular complexity index is 511. The first kappa shape index (κ1) is 48.7. The molecule has 33 heavy (non-hydrogen) atoms. The predicted molar refractivity (Wildman–Crippen MR) is 140 cm³/mol. The first-order valence-electron chi connectivity index (χ1n) is 9.24. The highest BCUT2D eigenvalue weighted by Gasteiger charge is 2.46. The number of ether oxygens (including phenoxy) is 2. The van der Waals surface area contributed by atoms with Gasteiger partial charge in [-0.1, -0.05) is 58.4 Å². The van der Waals surface area contributed by atoms with Crippen molar-refractivity contribution in [2.24, 2.45) is 16.7 Å². The van der Waals surface area contributed by atoms with Crippen LogP contribution in [-0.4, -0.2) is 73.5 Å². The van der Waals surface area contributed by atoms with Gasteiger partial charge in [-0.15, -0.1) is 0 Å². The van der Waals surface area contributed by atoms with Crippen molar-refractivity contribution < 1.29 is 34.1 Å². The maximum atomic E-state index is 12.8. The molecule has 0 aliphatic carbocycles. The number of esters is 2. The van der Waals surface area contributed by atoms with Crippen molar-refractivity contribution in [3.05, 3.63) is 0 Å². The van der Waals surface area contributed by atoms with Gasteiger partial charge < -0.3 is 24.6 Å². The fraction of sp³-hybridized carbons (Fsp3) is 0.880. The smallest absolute Gasteiger partial charge is 0.311 e. The lowest BCUT2D eigenvalue weighted by Crippen LogP contribution is -2.41. The third kappa shape index (κ3) is 16.6. The summed E-state index contributed by atoms with van der Waals surface area (Å²) in [5.41, 5.74) is -2.28. The normalized spacial score (nSPS) is 13.8. The van der Waals surface area contributed by atoms with Crippen LogP contribution in [0.4, 0.5) is 0 Å². The van der Waals surface area contributed by atoms with E-state index >= 15 is 0 Å². The minimum Gasteiger partial charge on any atom is -0.481 e. The quantitative estimate of drug-likeness (QED) is 0.335. The van der Waals surface area contributed by atoms with Gasteiger partial charge in [-0.25, -0.2) is 0 Å². The molecule has 3 atom stereocenters. The fourth-order valence-electron chi connectivity index (χ4n) is 2.98. The Morgan fingerprint density at radius 1 is 0.909 bits per heavy atom. The van der Waals surface area contributed by atoms with E-state index < -0.39 is 34.7 Å². The predicted octanol–water partition coefficient (Wildman–Crippen LogP) is 5.37. The van der Waals surface area contributed by atoms with Gasteiger partial charge in [0.15, 0.2) is 0 Å². The molecular weight excluding hydrogens is 426 g/mol. The van der Waals surface area contributed by atoms with Crippen LogP contribution in [0, 0.1) is 16.7 Å². The van der Waals surface area contributed by atoms with Crippen molar-refractivity contribution in [3.8, 4) is 0 Å². The summed E-state index contributed by atoms with van der Waals surface area (Å²) in [4.78, 5) is 38.5. The zero-order valence-electron chi connectivity index (χ0n) is 17.4. The lowest BCUT2D eigenvalue weighted by molar-refractivity contribution is -0.164. The molecule has 0 aromatic rings. The summed E-state index contributed by atoms with van der Waals surface area (Å²) >= 11 is 0. The van der Waals surface area contributed by atoms with Crippen molar-refractivity contribution in [1.29, 1.82) is 0 Å². The van der Waals surface area contributed by atoms with Crippen LogP contribution in [0.1, 0.15) is 91.5 Å². The molecule has 0 aliphatic heterocycles. The lowest BCUT2D eigenvalue weighted by Gasteiger charge is -2.36. The molecule has 0 rings (SSSR count). The molecule has 8 heteroatoms. The Morgan fingerprint density at radius 2 is 1.39 bits per heavy atom. The SMILES string of the molecule is C.C.C.C.C.C.CCC(C)(CC(C)(CC(C)C(=O)OCCO)C(=O)OCCN(C)C)C(=O)O. The summed E-state index contributed by atoms with van der Waals surface area (Å²) < 4.78 is 10.3. The fourth-order valence-corrected chi connectivity index (χ4v) is 2.98. The van der Waals surface area contributed by atoms with Crippen LogP contribution >= 0.6 is 0 Å². The molecule has 0 spiro atoms. The van der Waals surface area contributed by atoms with E-state index in [0.717, 1.165) is 0 Å². The van der Waals surface area contributed by atoms with Crippen LogP contribution in [0.2, 0.25) is 0 Å². The lowest BCUT2D eigenvalue weighted by atomic mass is 9.68. The Labute approximate surface area is 206 Å². The Hall–Kier alpha value is -1.67. The van der Waals surface area contributed by atoms with Gasteiger partial charge in [0.25, 0.3) is 0 Å². The molecule has 3 unspecified atom stereocenters. The van der Waals surface area contributed by atoms with Crippen LogP contribution in [0.15, 0.2) is 0 Å². The van der Waals surface area contributed by atoms with E-state index in [1.54, 1.807) is 27.7 Å². The number of aliphatic hydroxyl groups is 1. The number of hydrogen-bond donors (Lipinski definition) is 2. The largest absolute Gasteiger partial charge is 0.481 e. The van der Waals surface area contributed by atoms with E-state index in [4.69, 9.17) is 14.6 Å². The molecule has 0 bridgehead atoms. The maximum Gasteiger partial charge on any atom is 0.311 e. The molecule has 2 N–H and O–H groups in total. The first-order chi connectivity index (χ1) is 12.4. The second-order valence-electron chi connectivity index (χ2n) is 7.89. The molecule has 0 amide bonds. The van der Waals surface area contributed by atoms with E-state index in [2.05, 4.69) is 0 Å². The van der Waals surface area contributed by atoms with Crippen molar-refractivity contribution in [2.75, 3.05) is 40.5 Å². The molecular formula is C25H59NO7. The number of rotatable bonds is 13. The van der Waals surface area contributed by atoms with Gasteiger partial charge in [0.2, 0.25) is 0 Å². The average molecular weight is 486 g/mol. The molecule has 0 aromatic carbocycles. The number of nitrogens with zero attached hydrogens (tertiary/aromatic N) is 1. The number of likely N-dealkylation sites (N-methyl/N-ethyl adjacent to an activating group) is 1. The standard InChI is InChI=1S/C19H35NO7.6CH4/c1-7-18(3,16(23)24)13-19(4,17(25)27-10-8-20(5)6)12-14(2)15(22)26-11-9-21;;;;;;/h14,21H,7-13H2,1-6H3,(H,23,24);6*1H4. The second-order valence-corrected chi connectivity index (χ2v) is 7.89. The molecule has 0 aliphatic rings. The van der Waals surface area contributed by atoms with Gasteiger partial charge in [-0.3, -0.25) is 14.4 Å². The van der Waals surface area contributed by atoms with Gasteiger partial charge in [-0.2, -0.15) is 0 Å². The van der Waals surface area contributed by atoms with Crippen LogP contribution in [0.25, 0.3) is 0 Å². The molecule has 0 radical (unpaired) electrons. The molecule has 8 nitrogen and oxygen atoms in total. The molecule has 206 valence electrons. The highest BCUT2D eigenvalue weighted by Crippen LogP contribution is 2.42. The summed E-state index contributed by atoms with van der Waals surface area (Å²) in [6, 6.07) is 0. The summed E-state index contributed by atoms with van der Waals surface area (Å²) in [6.45, 7) is 6.93. The Kier molecular flexibility index (Phi) is 32.7. The van der Waals surface area contributed by atoms with E-state index in [9.17, 15) is 19.5 Å². The second kappa shape index (κ2) is 22.1. The zero-order chi connectivity index (χ0) is 21.3. The van der Waals surface area contributed by atoms with Crippen molar-refractivity contribution in [1.82, 2.24) is 4.90 Å².